The average Bonchev–Trinajstić information content (AvgIpc) is 3.59. The molecule has 1 heterocycles. The van der Waals surface area contributed by atoms with Crippen molar-refractivity contribution in [3.05, 3.63) is 69.2 Å². The molecule has 2 fully saturated rings. The second kappa shape index (κ2) is 8.95. The average molecular weight is 433 g/mol. The smallest absolute Gasteiger partial charge is 0.113 e. The molecule has 6 heteroatoms. The largest absolute Gasteiger partial charge is 0.394 e. The molecule has 0 unspecified atom stereocenters. The fourth-order valence-electron chi connectivity index (χ4n) is 4.25. The molecule has 2 aromatic carbocycles. The Balaban J connectivity index is 1.69. The van der Waals surface area contributed by atoms with Crippen molar-refractivity contribution >= 4 is 11.6 Å². The van der Waals surface area contributed by atoms with E-state index in [1.165, 1.54) is 5.56 Å². The number of halogens is 1. The van der Waals surface area contributed by atoms with E-state index in [4.69, 9.17) is 16.3 Å². The van der Waals surface area contributed by atoms with Crippen LogP contribution in [0.4, 0.5) is 0 Å². The van der Waals surface area contributed by atoms with Gasteiger partial charge in [0, 0.05) is 5.02 Å². The van der Waals surface area contributed by atoms with E-state index in [0.29, 0.717) is 17.4 Å². The third-order valence-electron chi connectivity index (χ3n) is 6.29. The Bertz CT molecular complexity index is 878. The minimum Gasteiger partial charge on any atom is -0.394 e. The quantitative estimate of drug-likeness (QED) is 0.563. The Morgan fingerprint density at radius 2 is 1.60 bits per heavy atom. The first kappa shape index (κ1) is 21.8. The molecule has 2 aromatic rings. The van der Waals surface area contributed by atoms with Crippen LogP contribution in [0.5, 0.6) is 0 Å². The molecule has 0 radical (unpaired) electrons. The van der Waals surface area contributed by atoms with Crippen LogP contribution in [0.3, 0.4) is 0 Å². The van der Waals surface area contributed by atoms with Crippen LogP contribution >= 0.6 is 11.6 Å². The highest BCUT2D eigenvalue weighted by atomic mass is 35.5. The Labute approximate surface area is 181 Å². The Morgan fingerprint density at radius 1 is 0.933 bits per heavy atom. The van der Waals surface area contributed by atoms with E-state index in [1.807, 2.05) is 12.1 Å². The summed E-state index contributed by atoms with van der Waals surface area (Å²) >= 11 is 6.63. The fourth-order valence-corrected chi connectivity index (χ4v) is 4.49. The van der Waals surface area contributed by atoms with E-state index in [0.717, 1.165) is 41.5 Å². The third kappa shape index (κ3) is 4.28. The van der Waals surface area contributed by atoms with Crippen molar-refractivity contribution in [3.8, 4) is 0 Å². The van der Waals surface area contributed by atoms with Crippen LogP contribution in [0.15, 0.2) is 36.4 Å². The minimum atomic E-state index is -1.39. The Hall–Kier alpha value is -1.47. The molecule has 1 aliphatic carbocycles. The summed E-state index contributed by atoms with van der Waals surface area (Å²) in [5.41, 5.74) is 5.11. The minimum absolute atomic E-state index is 0.350. The van der Waals surface area contributed by atoms with E-state index in [9.17, 15) is 20.4 Å². The SMILES string of the molecule is CCc1ccc(Cc2cc([C@@H]3O[C@H](CO)[C@@H](O)[C@H](O)[C@H]3O)c(C3CC3)cc2Cl)cc1. The van der Waals surface area contributed by atoms with Gasteiger partial charge in [-0.15, -0.1) is 0 Å². The highest BCUT2D eigenvalue weighted by Gasteiger charge is 2.45. The first-order valence-electron chi connectivity index (χ1n) is 10.6. The van der Waals surface area contributed by atoms with Gasteiger partial charge in [0.1, 0.15) is 30.5 Å². The van der Waals surface area contributed by atoms with Gasteiger partial charge in [-0.1, -0.05) is 48.9 Å². The molecular weight excluding hydrogens is 404 g/mol. The Morgan fingerprint density at radius 3 is 2.20 bits per heavy atom. The zero-order chi connectivity index (χ0) is 21.4. The molecule has 1 aliphatic heterocycles. The van der Waals surface area contributed by atoms with E-state index in [2.05, 4.69) is 31.2 Å². The summed E-state index contributed by atoms with van der Waals surface area (Å²) in [6.45, 7) is 1.68. The highest BCUT2D eigenvalue weighted by molar-refractivity contribution is 6.31. The van der Waals surface area contributed by atoms with Crippen LogP contribution in [0.2, 0.25) is 5.02 Å². The van der Waals surface area contributed by atoms with Crippen molar-refractivity contribution in [2.75, 3.05) is 6.61 Å². The molecule has 5 atom stereocenters. The highest BCUT2D eigenvalue weighted by Crippen LogP contribution is 2.47. The summed E-state index contributed by atoms with van der Waals surface area (Å²) in [5.74, 6) is 0.350. The third-order valence-corrected chi connectivity index (χ3v) is 6.65. The van der Waals surface area contributed by atoms with Crippen LogP contribution in [0.25, 0.3) is 0 Å². The maximum Gasteiger partial charge on any atom is 0.113 e. The number of aryl methyl sites for hydroxylation is 1. The van der Waals surface area contributed by atoms with Gasteiger partial charge in [-0.3, -0.25) is 0 Å². The molecule has 2 aliphatic rings. The van der Waals surface area contributed by atoms with Crippen LogP contribution < -0.4 is 0 Å². The van der Waals surface area contributed by atoms with Crippen molar-refractivity contribution in [2.24, 2.45) is 0 Å². The molecule has 4 N–H and O–H groups in total. The van der Waals surface area contributed by atoms with Gasteiger partial charge in [-0.05, 0) is 65.5 Å². The predicted octanol–water partition coefficient (Wildman–Crippen LogP) is 2.89. The van der Waals surface area contributed by atoms with Gasteiger partial charge in [0.25, 0.3) is 0 Å². The summed E-state index contributed by atoms with van der Waals surface area (Å²) in [7, 11) is 0. The lowest BCUT2D eigenvalue weighted by Crippen LogP contribution is -2.55. The number of aliphatic hydroxyl groups is 4. The molecule has 0 aromatic heterocycles. The standard InChI is InChI=1S/C24H29ClO5/c1-2-13-3-5-14(6-4-13)9-16-10-18(17(11-19(16)25)15-7-8-15)24-23(29)22(28)21(27)20(12-26)30-24/h3-6,10-11,15,20-24,26-29H,2,7-9,12H2,1H3/t20-,21-,22+,23-,24+/m1/s1. The van der Waals surface area contributed by atoms with Gasteiger partial charge < -0.3 is 25.2 Å². The molecule has 0 spiro atoms. The molecule has 1 saturated heterocycles. The Kier molecular flexibility index (Phi) is 6.49. The van der Waals surface area contributed by atoms with Crippen molar-refractivity contribution in [2.45, 2.75) is 69.0 Å². The molecule has 1 saturated carbocycles. The fraction of sp³-hybridized carbons (Fsp3) is 0.500. The van der Waals surface area contributed by atoms with Gasteiger partial charge in [0.05, 0.1) is 6.61 Å². The van der Waals surface area contributed by atoms with Gasteiger partial charge in [0.15, 0.2) is 0 Å². The molecule has 162 valence electrons. The van der Waals surface area contributed by atoms with Crippen molar-refractivity contribution in [3.63, 3.8) is 0 Å². The first-order chi connectivity index (χ1) is 14.4. The van der Waals surface area contributed by atoms with Crippen LogP contribution in [-0.4, -0.2) is 51.4 Å². The maximum atomic E-state index is 10.7. The first-order valence-corrected chi connectivity index (χ1v) is 11.0. The van der Waals surface area contributed by atoms with E-state index < -0.39 is 37.1 Å². The molecule has 4 rings (SSSR count). The number of aliphatic hydroxyl groups excluding tert-OH is 4. The lowest BCUT2D eigenvalue weighted by Gasteiger charge is -2.41. The number of rotatable bonds is 6. The molecule has 5 nitrogen and oxygen atoms in total. The van der Waals surface area contributed by atoms with Crippen molar-refractivity contribution in [1.82, 2.24) is 0 Å². The number of benzene rings is 2. The van der Waals surface area contributed by atoms with Crippen LogP contribution in [-0.2, 0) is 17.6 Å². The van der Waals surface area contributed by atoms with Crippen molar-refractivity contribution < 1.29 is 25.2 Å². The van der Waals surface area contributed by atoms with E-state index >= 15 is 0 Å². The maximum absolute atomic E-state index is 10.7. The number of hydrogen-bond acceptors (Lipinski definition) is 5. The lowest BCUT2D eigenvalue weighted by atomic mass is 9.86. The van der Waals surface area contributed by atoms with Crippen LogP contribution in [0.1, 0.15) is 59.6 Å². The van der Waals surface area contributed by atoms with Gasteiger partial charge >= 0.3 is 0 Å². The summed E-state index contributed by atoms with van der Waals surface area (Å²) in [6, 6.07) is 12.3. The summed E-state index contributed by atoms with van der Waals surface area (Å²) < 4.78 is 5.86. The number of hydrogen-bond donors (Lipinski definition) is 4. The number of ether oxygens (including phenoxy) is 1. The topological polar surface area (TPSA) is 90.2 Å². The normalized spacial score (nSPS) is 29.2. The zero-order valence-corrected chi connectivity index (χ0v) is 17.8. The van der Waals surface area contributed by atoms with Gasteiger partial charge in [-0.25, -0.2) is 0 Å². The van der Waals surface area contributed by atoms with Gasteiger partial charge in [0.2, 0.25) is 0 Å². The second-order valence-corrected chi connectivity index (χ2v) is 8.85. The molecule has 0 amide bonds. The molecule has 0 bridgehead atoms. The summed E-state index contributed by atoms with van der Waals surface area (Å²) in [4.78, 5) is 0. The summed E-state index contributed by atoms with van der Waals surface area (Å²) in [5, 5.41) is 41.3. The predicted molar refractivity (Wildman–Crippen MR) is 115 cm³/mol. The molecule has 30 heavy (non-hydrogen) atoms. The summed E-state index contributed by atoms with van der Waals surface area (Å²) in [6.07, 6.45) is -2.12. The van der Waals surface area contributed by atoms with Crippen LogP contribution in [0, 0.1) is 0 Å². The van der Waals surface area contributed by atoms with Gasteiger partial charge in [-0.2, -0.15) is 0 Å². The second-order valence-electron chi connectivity index (χ2n) is 8.44. The molecular formula is C24H29ClO5. The monoisotopic (exact) mass is 432 g/mol. The van der Waals surface area contributed by atoms with E-state index in [-0.39, 0.29) is 0 Å². The lowest BCUT2D eigenvalue weighted by molar-refractivity contribution is -0.231. The van der Waals surface area contributed by atoms with Crippen molar-refractivity contribution in [1.29, 1.82) is 0 Å². The van der Waals surface area contributed by atoms with E-state index in [1.54, 1.807) is 0 Å². The zero-order valence-electron chi connectivity index (χ0n) is 17.0.